The Labute approximate surface area is 188 Å². The Bertz CT molecular complexity index is 750. The van der Waals surface area contributed by atoms with Crippen LogP contribution in [0.25, 0.3) is 0 Å². The van der Waals surface area contributed by atoms with Crippen molar-refractivity contribution in [3.8, 4) is 0 Å². The quantitative estimate of drug-likeness (QED) is 0.620. The number of aliphatic hydroxyl groups excluding tert-OH is 1. The predicted molar refractivity (Wildman–Crippen MR) is 119 cm³/mol. The van der Waals surface area contributed by atoms with Gasteiger partial charge in [-0.05, 0) is 38.5 Å². The molecule has 8 heteroatoms. The molecule has 0 spiro atoms. The summed E-state index contributed by atoms with van der Waals surface area (Å²) < 4.78 is 11.8. The van der Waals surface area contributed by atoms with Gasteiger partial charge in [0, 0.05) is 24.7 Å². The van der Waals surface area contributed by atoms with Crippen LogP contribution < -0.4 is 0 Å². The molecule has 2 N–H and O–H groups in total. The lowest BCUT2D eigenvalue weighted by atomic mass is 9.90. The topological polar surface area (TPSA) is 96.3 Å². The number of nitrogens with zero attached hydrogens (tertiary/aromatic N) is 1. The van der Waals surface area contributed by atoms with Gasteiger partial charge in [-0.15, -0.1) is 0 Å². The highest BCUT2D eigenvalue weighted by Crippen LogP contribution is 2.40. The van der Waals surface area contributed by atoms with Gasteiger partial charge in [0.1, 0.15) is 12.8 Å². The third-order valence-corrected chi connectivity index (χ3v) is 7.01. The first-order chi connectivity index (χ1) is 14.8. The second-order valence-electron chi connectivity index (χ2n) is 8.68. The third kappa shape index (κ3) is 6.44. The molecule has 0 radical (unpaired) electrons. The first kappa shape index (κ1) is 24.0. The average molecular weight is 452 g/mol. The zero-order valence-corrected chi connectivity index (χ0v) is 19.1. The van der Waals surface area contributed by atoms with Crippen LogP contribution in [0.5, 0.6) is 0 Å². The maximum Gasteiger partial charge on any atom is 0.330 e. The summed E-state index contributed by atoms with van der Waals surface area (Å²) in [4.78, 5) is 25.8. The molecular formula is C23H33NO6S. The van der Waals surface area contributed by atoms with E-state index >= 15 is 0 Å². The highest BCUT2D eigenvalue weighted by atomic mass is 32.2. The Morgan fingerprint density at radius 2 is 2.06 bits per heavy atom. The second-order valence-corrected chi connectivity index (χ2v) is 9.66. The van der Waals surface area contributed by atoms with Crippen molar-refractivity contribution in [3.63, 3.8) is 0 Å². The molecule has 0 aromatic carbocycles. The molecule has 0 saturated carbocycles. The summed E-state index contributed by atoms with van der Waals surface area (Å²) in [5, 5.41) is 20.8. The molecule has 1 amide bonds. The molecule has 0 aliphatic carbocycles. The summed E-state index contributed by atoms with van der Waals surface area (Å²) in [6.45, 7) is 3.54. The number of ether oxygens (including phenoxy) is 2. The van der Waals surface area contributed by atoms with Gasteiger partial charge < -0.3 is 24.6 Å². The summed E-state index contributed by atoms with van der Waals surface area (Å²) in [7, 11) is 0. The van der Waals surface area contributed by atoms with E-state index in [2.05, 4.69) is 19.1 Å². The van der Waals surface area contributed by atoms with Gasteiger partial charge in [0.15, 0.2) is 5.79 Å². The molecule has 3 aliphatic rings. The van der Waals surface area contributed by atoms with E-state index in [0.29, 0.717) is 24.5 Å². The summed E-state index contributed by atoms with van der Waals surface area (Å²) in [5.74, 6) is -1.46. The Kier molecular flexibility index (Phi) is 8.38. The highest BCUT2D eigenvalue weighted by Gasteiger charge is 2.52. The monoisotopic (exact) mass is 451 g/mol. The van der Waals surface area contributed by atoms with Crippen LogP contribution in [-0.2, 0) is 14.3 Å². The van der Waals surface area contributed by atoms with Gasteiger partial charge in [-0.25, -0.2) is 4.79 Å². The number of allylic oxidation sites excluding steroid dienone is 5. The number of rotatable bonds is 2. The molecule has 5 atom stereocenters. The van der Waals surface area contributed by atoms with E-state index in [0.717, 1.165) is 36.6 Å². The fourth-order valence-corrected chi connectivity index (χ4v) is 5.40. The number of aliphatic hydroxyl groups is 2. The minimum absolute atomic E-state index is 0.0648. The number of fused-ring (bicyclic) bond motifs is 2. The van der Waals surface area contributed by atoms with Gasteiger partial charge in [0.2, 0.25) is 0 Å². The summed E-state index contributed by atoms with van der Waals surface area (Å²) in [5.41, 5.74) is 0.933. The molecule has 2 bridgehead atoms. The van der Waals surface area contributed by atoms with E-state index in [4.69, 9.17) is 9.47 Å². The van der Waals surface area contributed by atoms with Gasteiger partial charge in [0.05, 0.1) is 12.1 Å². The SMILES string of the molecule is C/C1=C/C(=O)O[C@@H]2C[C@@H](CC[C@H](C)/C=C\C=C\CC1)O[C@@](O)([C@@H]1CSC(=O)N1CO)C2. The van der Waals surface area contributed by atoms with Crippen molar-refractivity contribution in [1.82, 2.24) is 4.90 Å². The minimum atomic E-state index is -1.68. The van der Waals surface area contributed by atoms with Crippen LogP contribution in [0.2, 0.25) is 0 Å². The van der Waals surface area contributed by atoms with E-state index in [1.165, 1.54) is 11.0 Å². The van der Waals surface area contributed by atoms with Crippen molar-refractivity contribution in [2.75, 3.05) is 12.5 Å². The van der Waals surface area contributed by atoms with Gasteiger partial charge in [-0.1, -0.05) is 48.6 Å². The smallest absolute Gasteiger partial charge is 0.330 e. The summed E-state index contributed by atoms with van der Waals surface area (Å²) in [6.07, 6.45) is 12.7. The number of hydrogen-bond acceptors (Lipinski definition) is 7. The molecule has 3 rings (SSSR count). The molecule has 3 aliphatic heterocycles. The van der Waals surface area contributed by atoms with Crippen molar-refractivity contribution < 1.29 is 29.3 Å². The van der Waals surface area contributed by atoms with E-state index in [-0.39, 0.29) is 17.8 Å². The largest absolute Gasteiger partial charge is 0.459 e. The Hall–Kier alpha value is -1.61. The molecule has 0 aromatic heterocycles. The predicted octanol–water partition coefficient (Wildman–Crippen LogP) is 3.52. The zero-order valence-electron chi connectivity index (χ0n) is 18.2. The van der Waals surface area contributed by atoms with Crippen LogP contribution in [-0.4, -0.2) is 62.8 Å². The lowest BCUT2D eigenvalue weighted by molar-refractivity contribution is -0.295. The Morgan fingerprint density at radius 1 is 1.26 bits per heavy atom. The van der Waals surface area contributed by atoms with E-state index in [9.17, 15) is 19.8 Å². The van der Waals surface area contributed by atoms with Crippen LogP contribution in [0, 0.1) is 5.92 Å². The highest BCUT2D eigenvalue weighted by molar-refractivity contribution is 8.13. The first-order valence-corrected chi connectivity index (χ1v) is 11.9. The van der Waals surface area contributed by atoms with Crippen LogP contribution in [0.15, 0.2) is 36.0 Å². The van der Waals surface area contributed by atoms with Gasteiger partial charge >= 0.3 is 5.97 Å². The zero-order chi connectivity index (χ0) is 22.4. The van der Waals surface area contributed by atoms with Gasteiger partial charge in [-0.2, -0.15) is 0 Å². The molecule has 0 unspecified atom stereocenters. The van der Waals surface area contributed by atoms with Crippen LogP contribution in [0.1, 0.15) is 52.4 Å². The maximum atomic E-state index is 12.5. The standard InChI is InChI=1S/C23H33NO6S/c1-16-7-5-3-4-6-8-17(2)11-21(26)29-19-12-18(10-9-16)30-23(28,13-19)20-14-31-22(27)24(20)15-25/h3-5,7,11,16,18-20,25,28H,6,8-10,12-15H2,1-2H3/b4-3+,7-5-,17-11-/t16-,18-,19-,20+,23-/m1/s1. The maximum absolute atomic E-state index is 12.5. The van der Waals surface area contributed by atoms with Gasteiger partial charge in [0.25, 0.3) is 5.24 Å². The fourth-order valence-electron chi connectivity index (χ4n) is 4.31. The second kappa shape index (κ2) is 10.8. The molecule has 31 heavy (non-hydrogen) atoms. The van der Waals surface area contributed by atoms with Crippen LogP contribution >= 0.6 is 11.8 Å². The fraction of sp³-hybridized carbons (Fsp3) is 0.652. The number of esters is 1. The Morgan fingerprint density at radius 3 is 2.84 bits per heavy atom. The molecule has 3 heterocycles. The molecule has 172 valence electrons. The third-order valence-electron chi connectivity index (χ3n) is 6.05. The molecule has 0 aromatic rings. The van der Waals surface area contributed by atoms with Crippen molar-refractivity contribution in [1.29, 1.82) is 0 Å². The first-order valence-electron chi connectivity index (χ1n) is 11.0. The van der Waals surface area contributed by atoms with Crippen molar-refractivity contribution >= 4 is 23.0 Å². The normalized spacial score (nSPS) is 39.5. The minimum Gasteiger partial charge on any atom is -0.459 e. The summed E-state index contributed by atoms with van der Waals surface area (Å²) in [6, 6.07) is -0.690. The molecular weight excluding hydrogens is 418 g/mol. The molecule has 2 saturated heterocycles. The van der Waals surface area contributed by atoms with E-state index in [1.807, 2.05) is 19.1 Å². The number of hydrogen-bond donors (Lipinski definition) is 2. The van der Waals surface area contributed by atoms with E-state index < -0.39 is 30.6 Å². The van der Waals surface area contributed by atoms with E-state index in [1.54, 1.807) is 0 Å². The van der Waals surface area contributed by atoms with Crippen molar-refractivity contribution in [3.05, 3.63) is 36.0 Å². The average Bonchev–Trinajstić information content (AvgIpc) is 3.09. The van der Waals surface area contributed by atoms with Crippen LogP contribution in [0.4, 0.5) is 4.79 Å². The number of thioether (sulfide) groups is 1. The van der Waals surface area contributed by atoms with Crippen molar-refractivity contribution in [2.24, 2.45) is 5.92 Å². The van der Waals surface area contributed by atoms with Gasteiger partial charge in [-0.3, -0.25) is 4.79 Å². The van der Waals surface area contributed by atoms with Crippen LogP contribution in [0.3, 0.4) is 0 Å². The lowest BCUT2D eigenvalue weighted by Gasteiger charge is -2.45. The lowest BCUT2D eigenvalue weighted by Crippen LogP contribution is -2.59. The molecule has 7 nitrogen and oxygen atoms in total. The number of amides is 1. The summed E-state index contributed by atoms with van der Waals surface area (Å²) >= 11 is 1.05. The Balaban J connectivity index is 1.82. The molecule has 2 fully saturated rings. The van der Waals surface area contributed by atoms with Crippen molar-refractivity contribution in [2.45, 2.75) is 76.4 Å². The number of carbonyl (C=O) groups is 2. The number of carbonyl (C=O) groups excluding carboxylic acids is 2.